The van der Waals surface area contributed by atoms with Crippen molar-refractivity contribution in [3.8, 4) is 5.69 Å². The van der Waals surface area contributed by atoms with Gasteiger partial charge in [-0.3, -0.25) is 14.9 Å². The van der Waals surface area contributed by atoms with E-state index in [0.29, 0.717) is 36.1 Å². The highest BCUT2D eigenvalue weighted by molar-refractivity contribution is 7.24. The van der Waals surface area contributed by atoms with Gasteiger partial charge in [-0.05, 0) is 158 Å². The average molecular weight is 1750 g/mol. The molecule has 3 aromatic carbocycles. The number of hydrogen-bond acceptors (Lipinski definition) is 14. The van der Waals surface area contributed by atoms with Gasteiger partial charge in [-0.25, -0.2) is 0 Å². The van der Waals surface area contributed by atoms with Gasteiger partial charge in [0.2, 0.25) is 0 Å². The van der Waals surface area contributed by atoms with Crippen LogP contribution in [0.2, 0.25) is 27.4 Å². The number of thiophene rings is 5. The van der Waals surface area contributed by atoms with Crippen LogP contribution in [0.15, 0.2) is 151 Å². The molecule has 5 aliphatic rings. The lowest BCUT2D eigenvalue weighted by atomic mass is 9.95. The Hall–Kier alpha value is -6.38. The fourth-order valence-corrected chi connectivity index (χ4v) is 24.5. The molecular weight excluding hydrogens is 1650 g/mol. The predicted octanol–water partition coefficient (Wildman–Crippen LogP) is 23.0. The second-order valence-corrected chi connectivity index (χ2v) is 40.3. The summed E-state index contributed by atoms with van der Waals surface area (Å²) >= 11 is 46.2. The minimum atomic E-state index is -0.607. The van der Waals surface area contributed by atoms with Crippen LogP contribution in [-0.2, 0) is 84.5 Å². The lowest BCUT2D eigenvalue weighted by molar-refractivity contribution is 0.155. The molecule has 5 unspecified atom stereocenters. The van der Waals surface area contributed by atoms with Crippen molar-refractivity contribution in [1.29, 1.82) is 0 Å². The molecule has 15 aromatic rings. The molecule has 12 aromatic heterocycles. The van der Waals surface area contributed by atoms with E-state index >= 15 is 0 Å². The largest absolute Gasteiger partial charge is 0.387 e. The summed E-state index contributed by atoms with van der Waals surface area (Å²) < 4.78 is 21.8. The SMILES string of the molecule is CC1CN(C)Cc2c1n(CC(O)c1cccc(Cl)c1)c1cc(Cl)sc21.CN1CCc2c(c3sc(Cl)cc3n2CC(O)c2ccccc2)C1.CN1CCc2c(c3sc(Cl)cc3n2CCc2ccncc2)C1.Cc1ccc(-n2c3c(c4sc(Cl)cc42)CN(C)CC3)cc1.Cc1ccc(Cn2c3c(c4scc(Cl)c42)C(C)N(C)C(C)C3)cn1. The van der Waals surface area contributed by atoms with Crippen LogP contribution in [-0.4, -0.2) is 135 Å². The van der Waals surface area contributed by atoms with Crippen LogP contribution in [0.5, 0.6) is 0 Å². The van der Waals surface area contributed by atoms with E-state index in [1.807, 2.05) is 92.2 Å². The van der Waals surface area contributed by atoms with Crippen molar-refractivity contribution < 1.29 is 10.2 Å². The van der Waals surface area contributed by atoms with Crippen molar-refractivity contribution in [2.24, 2.45) is 0 Å². The quantitative estimate of drug-likeness (QED) is 0.124. The zero-order valence-corrected chi connectivity index (χ0v) is 75.0. The lowest BCUT2D eigenvalue weighted by Gasteiger charge is -2.36. The maximum atomic E-state index is 10.8. The molecule has 17 heterocycles. The summed E-state index contributed by atoms with van der Waals surface area (Å²) in [6, 6.07) is 43.8. The summed E-state index contributed by atoms with van der Waals surface area (Å²) in [6.45, 7) is 22.2. The number of pyridine rings is 2. The molecule has 0 aliphatic carbocycles. The lowest BCUT2D eigenvalue weighted by Crippen LogP contribution is -2.38. The number of likely N-dealkylation sites (N-methyl/N-ethyl adjacent to an activating group) is 5. The topological polar surface area (TPSA) is 107 Å². The van der Waals surface area contributed by atoms with Crippen LogP contribution in [0.1, 0.15) is 135 Å². The minimum absolute atomic E-state index is 0.415. The Balaban J connectivity index is 0.000000108. The maximum Gasteiger partial charge on any atom is 0.0969 e. The zero-order valence-electron chi connectivity index (χ0n) is 66.4. The molecule has 2 N–H and O–H groups in total. The van der Waals surface area contributed by atoms with Crippen molar-refractivity contribution in [2.75, 3.05) is 61.4 Å². The zero-order chi connectivity index (χ0) is 80.4. The van der Waals surface area contributed by atoms with Crippen LogP contribution < -0.4 is 0 Å². The highest BCUT2D eigenvalue weighted by Crippen LogP contribution is 2.48. The highest BCUT2D eigenvalue weighted by Gasteiger charge is 2.35. The predicted molar refractivity (Wildman–Crippen MR) is 488 cm³/mol. The third-order valence-corrected chi connectivity index (χ3v) is 30.6. The Morgan fingerprint density at radius 1 is 0.513 bits per heavy atom. The van der Waals surface area contributed by atoms with E-state index in [0.717, 1.165) is 148 Å². The van der Waals surface area contributed by atoms with Gasteiger partial charge in [0.05, 0.1) is 98.7 Å². The number of aryl methyl sites for hydroxylation is 4. The standard InChI is InChI=1S/C19H20Cl2N2OS.C19H22ClN3S.C18H19ClN2OS.C17H18ClN3S.C17H17ClN2S/c1-11-8-22(2)9-14-18(11)23(15-7-17(21)25-19(14)15)10-16(24)12-4-3-5-13(20)6-12;1-11-5-6-14(8-21-11)9-23-16-7-12(2)22(4)13(3)17(16)19-18(23)15(20)10-24-19;1-20-8-7-14-13(10-20)18-15(9-17(19)23-18)21(14)11-16(22)12-5-3-2-4-6-12;1-20-8-5-14-13(11-20)17-15(10-16(18)22-17)21(14)9-4-12-2-6-19-7-3-12;1-11-3-5-12(6-4-11)20-14-7-8-19(2)10-13(14)17-15(20)9-16(18)21-17/h3-7,11,16,24H,8-10H2,1-2H3;5-6,8,10,12-13H,7,9H2,1-4H3;2-6,9,16,22H,7-8,10-11H2,1H3;2-3,6-7,10H,4-5,8-9,11H2,1H3;3-6,9H,7-8,10H2,1-2H3. The monoisotopic (exact) mass is 1750 g/mol. The molecule has 0 fully saturated rings. The van der Waals surface area contributed by atoms with E-state index < -0.39 is 12.2 Å². The third-order valence-electron chi connectivity index (χ3n) is 23.7. The van der Waals surface area contributed by atoms with Gasteiger partial charge >= 0.3 is 0 Å². The molecule has 20 rings (SSSR count). The second kappa shape index (κ2) is 35.1. The summed E-state index contributed by atoms with van der Waals surface area (Å²) in [5.41, 5.74) is 28.2. The number of nitrogens with zero attached hydrogens (tertiary/aromatic N) is 12. The van der Waals surface area contributed by atoms with E-state index in [2.05, 4.69) is 186 Å². The summed E-state index contributed by atoms with van der Waals surface area (Å²) in [7, 11) is 10.9. The summed E-state index contributed by atoms with van der Waals surface area (Å²) in [4.78, 5) is 20.5. The van der Waals surface area contributed by atoms with E-state index in [1.165, 1.54) is 119 Å². The van der Waals surface area contributed by atoms with Gasteiger partial charge in [0.1, 0.15) is 0 Å². The fourth-order valence-electron chi connectivity index (χ4n) is 17.8. The molecule has 0 saturated carbocycles. The third kappa shape index (κ3) is 17.1. The van der Waals surface area contributed by atoms with Crippen molar-refractivity contribution in [2.45, 2.75) is 149 Å². The first-order chi connectivity index (χ1) is 55.4. The van der Waals surface area contributed by atoms with E-state index in [9.17, 15) is 10.2 Å². The second-order valence-electron chi connectivity index (χ2n) is 31.8. The van der Waals surface area contributed by atoms with Crippen molar-refractivity contribution in [3.63, 3.8) is 0 Å². The van der Waals surface area contributed by atoms with E-state index in [4.69, 9.17) is 69.6 Å². The highest BCUT2D eigenvalue weighted by atomic mass is 35.5. The Kier molecular flexibility index (Phi) is 25.1. The number of aliphatic hydroxyl groups is 2. The normalized spacial score (nSPS) is 17.8. The molecule has 0 amide bonds. The molecule has 0 radical (unpaired) electrons. The number of hydrogen-bond donors (Lipinski definition) is 2. The van der Waals surface area contributed by atoms with Gasteiger partial charge in [0, 0.05) is 206 Å². The molecule has 5 aliphatic heterocycles. The summed E-state index contributed by atoms with van der Waals surface area (Å²) in [5, 5.41) is 25.0. The number of fused-ring (bicyclic) bond motifs is 15. The van der Waals surface area contributed by atoms with Crippen molar-refractivity contribution in [1.82, 2.24) is 57.3 Å². The first-order valence-corrected chi connectivity index (χ1v) is 45.8. The summed E-state index contributed by atoms with van der Waals surface area (Å²) in [6.07, 6.45) is 9.94. The number of halogens is 6. The maximum absolute atomic E-state index is 10.8. The van der Waals surface area contributed by atoms with Crippen LogP contribution in [0.3, 0.4) is 0 Å². The molecule has 5 atom stereocenters. The Morgan fingerprint density at radius 2 is 1.05 bits per heavy atom. The Labute approximate surface area is 723 Å². The van der Waals surface area contributed by atoms with Crippen molar-refractivity contribution in [3.05, 3.63) is 269 Å². The number of aliphatic hydroxyl groups excluding tert-OH is 2. The van der Waals surface area contributed by atoms with Gasteiger partial charge in [-0.1, -0.05) is 143 Å². The first kappa shape index (κ1) is 82.3. The molecule has 0 saturated heterocycles. The number of aromatic nitrogens is 7. The van der Waals surface area contributed by atoms with Gasteiger partial charge < -0.3 is 52.6 Å². The van der Waals surface area contributed by atoms with Crippen LogP contribution in [0, 0.1) is 13.8 Å². The number of benzene rings is 3. The van der Waals surface area contributed by atoms with Crippen LogP contribution >= 0.6 is 126 Å². The van der Waals surface area contributed by atoms with Gasteiger partial charge in [-0.15, -0.1) is 56.7 Å². The first-order valence-electron chi connectivity index (χ1n) is 39.4. The molecule has 0 bridgehead atoms. The van der Waals surface area contributed by atoms with Crippen molar-refractivity contribution >= 4 is 177 Å². The molecule has 0 spiro atoms. The molecule has 25 heteroatoms. The average Bonchev–Trinajstić information content (AvgIpc) is 1.59. The van der Waals surface area contributed by atoms with Gasteiger partial charge in [0.15, 0.2) is 0 Å². The fraction of sp³-hybridized carbons (Fsp3) is 0.356. The molecule has 115 heavy (non-hydrogen) atoms. The molecular formula is C90H96Cl6N12O2S5. The molecule has 14 nitrogen and oxygen atoms in total. The van der Waals surface area contributed by atoms with Crippen LogP contribution in [0.4, 0.5) is 0 Å². The number of rotatable bonds is 12. The van der Waals surface area contributed by atoms with Crippen LogP contribution in [0.25, 0.3) is 56.8 Å². The molecule has 600 valence electrons. The Bertz CT molecular complexity index is 5970. The van der Waals surface area contributed by atoms with Gasteiger partial charge in [-0.2, -0.15) is 0 Å². The smallest absolute Gasteiger partial charge is 0.0969 e. The Morgan fingerprint density at radius 3 is 1.67 bits per heavy atom. The van der Waals surface area contributed by atoms with Gasteiger partial charge in [0.25, 0.3) is 0 Å². The summed E-state index contributed by atoms with van der Waals surface area (Å²) in [5.74, 6) is 0.415. The van der Waals surface area contributed by atoms with E-state index in [-0.39, 0.29) is 0 Å². The minimum Gasteiger partial charge on any atom is -0.387 e. The van der Waals surface area contributed by atoms with E-state index in [1.54, 1.807) is 56.7 Å².